The minimum Gasteiger partial charge on any atom is -0.353 e. The normalized spacial score (nSPS) is 12.8. The van der Waals surface area contributed by atoms with Crippen LogP contribution < -0.4 is 5.32 Å². The molecule has 3 N–H and O–H groups in total. The molecule has 254 valence electrons. The molecule has 0 saturated heterocycles. The summed E-state index contributed by atoms with van der Waals surface area (Å²) >= 11 is 0. The third-order valence-electron chi connectivity index (χ3n) is 8.30. The number of hydrogen-bond donors (Lipinski definition) is 3. The van der Waals surface area contributed by atoms with E-state index in [1.165, 1.54) is 96.3 Å². The van der Waals surface area contributed by atoms with Crippen molar-refractivity contribution in [1.29, 1.82) is 5.26 Å². The molecule has 0 aliphatic rings. The Morgan fingerprint density at radius 1 is 0.721 bits per heavy atom. The lowest BCUT2D eigenvalue weighted by Gasteiger charge is -2.29. The van der Waals surface area contributed by atoms with E-state index in [-0.39, 0.29) is 24.0 Å². The van der Waals surface area contributed by atoms with Crippen molar-refractivity contribution in [1.82, 2.24) is 9.99 Å². The molecule has 0 spiro atoms. The maximum atomic E-state index is 12.5. The van der Waals surface area contributed by atoms with Crippen molar-refractivity contribution in [3.63, 3.8) is 0 Å². The fraction of sp³-hybridized carbons (Fsp3) is 0.943. The molecule has 8 heteroatoms. The van der Waals surface area contributed by atoms with Crippen LogP contribution in [0.3, 0.4) is 0 Å². The Hall–Kier alpha value is -0.770. The molecule has 0 radical (unpaired) electrons. The lowest BCUT2D eigenvalue weighted by Crippen LogP contribution is -2.37. The van der Waals surface area contributed by atoms with Gasteiger partial charge in [-0.05, 0) is 53.4 Å². The molecule has 0 aliphatic heterocycles. The van der Waals surface area contributed by atoms with Crippen LogP contribution in [0, 0.1) is 11.3 Å². The summed E-state index contributed by atoms with van der Waals surface area (Å²) in [5.74, 6) is 0.102. The second kappa shape index (κ2) is 28.7. The van der Waals surface area contributed by atoms with Gasteiger partial charge >= 0.3 is 8.09 Å². The summed E-state index contributed by atoms with van der Waals surface area (Å²) in [7, 11) is -3.56. The van der Waals surface area contributed by atoms with Gasteiger partial charge in [0.2, 0.25) is 5.91 Å². The van der Waals surface area contributed by atoms with Crippen molar-refractivity contribution in [3.05, 3.63) is 0 Å². The summed E-state index contributed by atoms with van der Waals surface area (Å²) in [6, 6.07) is 2.20. The predicted octanol–water partition coefficient (Wildman–Crippen LogP) is 10.2. The molecule has 1 atom stereocenters. The highest BCUT2D eigenvalue weighted by molar-refractivity contribution is 7.57. The Bertz CT molecular complexity index is 676. The third kappa shape index (κ3) is 25.1. The second-order valence-corrected chi connectivity index (χ2v) is 14.9. The molecular formula is C35H71N3O4P+. The molecule has 0 heterocycles. The highest BCUT2D eigenvalue weighted by atomic mass is 31.2. The quantitative estimate of drug-likeness (QED) is 0.0521. The van der Waals surface area contributed by atoms with Crippen molar-refractivity contribution < 1.29 is 19.1 Å². The summed E-state index contributed by atoms with van der Waals surface area (Å²) in [5.41, 5.74) is 0. The highest BCUT2D eigenvalue weighted by Gasteiger charge is 2.48. The van der Waals surface area contributed by atoms with Crippen molar-refractivity contribution in [3.8, 4) is 6.07 Å². The van der Waals surface area contributed by atoms with Gasteiger partial charge in [0.1, 0.15) is 0 Å². The molecular weight excluding hydrogens is 557 g/mol. The molecule has 1 amide bonds. The van der Waals surface area contributed by atoms with Crippen LogP contribution in [0.1, 0.15) is 189 Å². The van der Waals surface area contributed by atoms with E-state index < -0.39 is 8.09 Å². The summed E-state index contributed by atoms with van der Waals surface area (Å²) < 4.78 is 7.15. The SMILES string of the molecule is CCCCCCCCCCCCCCCCCCCC(=O)NC(CCC#N)CCCCCO[P+](O)(O)N(C(C)C)C(C)C. The number of amides is 1. The smallest absolute Gasteiger partial charge is 0.353 e. The van der Waals surface area contributed by atoms with Gasteiger partial charge in [-0.15, -0.1) is 0 Å². The zero-order valence-corrected chi connectivity index (χ0v) is 29.9. The fourth-order valence-corrected chi connectivity index (χ4v) is 7.67. The zero-order chi connectivity index (χ0) is 32.2. The molecule has 0 aromatic carbocycles. The maximum absolute atomic E-state index is 12.5. The molecule has 0 fully saturated rings. The monoisotopic (exact) mass is 629 g/mol. The number of nitriles is 1. The largest absolute Gasteiger partial charge is 0.499 e. The molecule has 7 nitrogen and oxygen atoms in total. The first-order valence-electron chi connectivity index (χ1n) is 18.1. The van der Waals surface area contributed by atoms with E-state index in [0.29, 0.717) is 25.9 Å². The van der Waals surface area contributed by atoms with Gasteiger partial charge in [0.25, 0.3) is 0 Å². The Labute approximate surface area is 267 Å². The lowest BCUT2D eigenvalue weighted by atomic mass is 10.0. The summed E-state index contributed by atoms with van der Waals surface area (Å²) in [5, 5.41) is 12.2. The number of carbonyl (C=O) groups excluding carboxylic acids is 1. The molecule has 0 aliphatic carbocycles. The average Bonchev–Trinajstić information content (AvgIpc) is 2.94. The Balaban J connectivity index is 3.86. The van der Waals surface area contributed by atoms with Crippen LogP contribution in [0.4, 0.5) is 0 Å². The van der Waals surface area contributed by atoms with Gasteiger partial charge < -0.3 is 5.32 Å². The van der Waals surface area contributed by atoms with Gasteiger partial charge in [-0.25, -0.2) is 0 Å². The van der Waals surface area contributed by atoms with Crippen molar-refractivity contribution in [2.45, 2.75) is 207 Å². The maximum Gasteiger partial charge on any atom is 0.499 e. The predicted molar refractivity (Wildman–Crippen MR) is 183 cm³/mol. The number of carbonyl (C=O) groups is 1. The number of rotatable bonds is 31. The van der Waals surface area contributed by atoms with Crippen molar-refractivity contribution in [2.75, 3.05) is 6.61 Å². The van der Waals surface area contributed by atoms with Crippen LogP contribution in [0.2, 0.25) is 0 Å². The summed E-state index contributed by atoms with van der Waals surface area (Å²) in [4.78, 5) is 33.5. The van der Waals surface area contributed by atoms with Gasteiger partial charge in [0.05, 0.1) is 12.7 Å². The molecule has 0 aromatic rings. The minimum absolute atomic E-state index is 0.0168. The summed E-state index contributed by atoms with van der Waals surface area (Å²) in [6.07, 6.45) is 27.6. The standard InChI is InChI=1S/C35H70N3O4P/c1-6-7-8-9-10-11-12-13-14-15-16-17-18-19-20-21-24-29-35(39)37-34(28-26-30-36)27-23-22-25-31-42-43(40,41)38(32(2)3)33(4)5/h32-34,40-41H,6-29,31H2,1-5H3/p+1. The average molecular weight is 629 g/mol. The number of unbranched alkanes of at least 4 members (excludes halogenated alkanes) is 18. The van der Waals surface area contributed by atoms with Crippen LogP contribution in [0.15, 0.2) is 0 Å². The van der Waals surface area contributed by atoms with Crippen LogP contribution >= 0.6 is 8.09 Å². The van der Waals surface area contributed by atoms with E-state index in [0.717, 1.165) is 38.5 Å². The molecule has 0 saturated carbocycles. The van der Waals surface area contributed by atoms with E-state index in [4.69, 9.17) is 9.79 Å². The van der Waals surface area contributed by atoms with Crippen molar-refractivity contribution >= 4 is 14.0 Å². The van der Waals surface area contributed by atoms with Gasteiger partial charge in [-0.1, -0.05) is 127 Å². The van der Waals surface area contributed by atoms with Gasteiger partial charge in [0, 0.05) is 31.0 Å². The van der Waals surface area contributed by atoms with E-state index in [1.807, 2.05) is 27.7 Å². The van der Waals surface area contributed by atoms with Crippen LogP contribution in [-0.4, -0.2) is 45.1 Å². The van der Waals surface area contributed by atoms with E-state index >= 15 is 0 Å². The molecule has 43 heavy (non-hydrogen) atoms. The van der Waals surface area contributed by atoms with Crippen LogP contribution in [0.25, 0.3) is 0 Å². The Morgan fingerprint density at radius 2 is 1.16 bits per heavy atom. The number of nitrogens with one attached hydrogen (secondary N) is 1. The number of hydrogen-bond acceptors (Lipinski definition) is 6. The van der Waals surface area contributed by atoms with E-state index in [1.54, 1.807) is 4.67 Å². The van der Waals surface area contributed by atoms with Gasteiger partial charge in [-0.2, -0.15) is 19.6 Å². The van der Waals surface area contributed by atoms with E-state index in [2.05, 4.69) is 18.3 Å². The first-order chi connectivity index (χ1) is 20.7. The summed E-state index contributed by atoms with van der Waals surface area (Å²) in [6.45, 7) is 10.3. The first kappa shape index (κ1) is 42.2. The fourth-order valence-electron chi connectivity index (χ4n) is 5.96. The first-order valence-corrected chi connectivity index (χ1v) is 19.7. The Kier molecular flexibility index (Phi) is 28.2. The second-order valence-electron chi connectivity index (χ2n) is 13.1. The number of nitrogens with zero attached hydrogens (tertiary/aromatic N) is 2. The van der Waals surface area contributed by atoms with Gasteiger partial charge in [-0.3, -0.25) is 4.79 Å². The Morgan fingerprint density at radius 3 is 1.60 bits per heavy atom. The minimum atomic E-state index is -3.56. The van der Waals surface area contributed by atoms with Gasteiger partial charge in [0.15, 0.2) is 0 Å². The molecule has 0 bridgehead atoms. The molecule has 0 aromatic heterocycles. The van der Waals surface area contributed by atoms with Crippen LogP contribution in [0.5, 0.6) is 0 Å². The zero-order valence-electron chi connectivity index (χ0n) is 29.0. The van der Waals surface area contributed by atoms with Crippen molar-refractivity contribution in [2.24, 2.45) is 0 Å². The topological polar surface area (TPSA) is 106 Å². The van der Waals surface area contributed by atoms with E-state index in [9.17, 15) is 14.6 Å². The highest BCUT2D eigenvalue weighted by Crippen LogP contribution is 2.57. The molecule has 0 rings (SSSR count). The van der Waals surface area contributed by atoms with Crippen LogP contribution in [-0.2, 0) is 9.32 Å². The third-order valence-corrected chi connectivity index (χ3v) is 10.4. The lowest BCUT2D eigenvalue weighted by molar-refractivity contribution is -0.122. The molecule has 1 unspecified atom stereocenters.